The molecule has 440 valence electrons. The van der Waals surface area contributed by atoms with E-state index in [1.165, 1.54) is 0 Å². The second-order valence-electron chi connectivity index (χ2n) is 19.0. The summed E-state index contributed by atoms with van der Waals surface area (Å²) >= 11 is 0. The topological polar surface area (TPSA) is 533 Å². The lowest BCUT2D eigenvalue weighted by atomic mass is 9.93. The number of carbonyl (C=O) groups is 3. The van der Waals surface area contributed by atoms with Gasteiger partial charge in [-0.1, -0.05) is 0 Å². The fraction of sp³-hybridized carbons (Fsp3) is 0.929. The van der Waals surface area contributed by atoms with Crippen molar-refractivity contribution in [2.45, 2.75) is 205 Å². The Bertz CT molecular complexity index is 1870. The quantitative estimate of drug-likeness (QED) is 0.0571. The largest absolute Gasteiger partial charge is 0.394 e. The van der Waals surface area contributed by atoms with E-state index in [4.69, 9.17) is 52.1 Å². The molecule has 0 unspecified atom stereocenters. The number of aliphatic hydroxyl groups excluding tert-OH is 17. The zero-order chi connectivity index (χ0) is 56.2. The molecule has 6 fully saturated rings. The Morgan fingerprint density at radius 1 is 0.342 bits per heavy atom. The Labute approximate surface area is 431 Å². The van der Waals surface area contributed by atoms with Gasteiger partial charge in [0.15, 0.2) is 37.7 Å². The van der Waals surface area contributed by atoms with Crippen LogP contribution in [0.25, 0.3) is 0 Å². The van der Waals surface area contributed by atoms with Gasteiger partial charge in [-0.3, -0.25) is 14.4 Å². The van der Waals surface area contributed by atoms with Gasteiger partial charge in [-0.2, -0.15) is 0 Å². The van der Waals surface area contributed by atoms with Crippen molar-refractivity contribution in [1.29, 1.82) is 0 Å². The Morgan fingerprint density at radius 3 is 1.18 bits per heavy atom. The normalized spacial score (nSPS) is 48.2. The number of rotatable bonds is 19. The van der Waals surface area contributed by atoms with Crippen LogP contribution in [-0.2, 0) is 66.5 Å². The fourth-order valence-corrected chi connectivity index (χ4v) is 9.62. The van der Waals surface area contributed by atoms with Crippen LogP contribution >= 0.6 is 0 Å². The molecular formula is C42H71N3O31. The molecule has 3 amide bonds. The van der Waals surface area contributed by atoms with Crippen molar-refractivity contribution in [1.82, 2.24) is 16.0 Å². The second kappa shape index (κ2) is 27.2. The molecule has 0 bridgehead atoms. The first-order valence-electron chi connectivity index (χ1n) is 24.1. The predicted molar refractivity (Wildman–Crippen MR) is 234 cm³/mol. The van der Waals surface area contributed by atoms with E-state index in [0.29, 0.717) is 0 Å². The first kappa shape index (κ1) is 62.5. The van der Waals surface area contributed by atoms with E-state index in [1.807, 2.05) is 0 Å². The van der Waals surface area contributed by atoms with Gasteiger partial charge in [-0.15, -0.1) is 0 Å². The highest BCUT2D eigenvalue weighted by Crippen LogP contribution is 2.38. The Morgan fingerprint density at radius 2 is 0.684 bits per heavy atom. The van der Waals surface area contributed by atoms with Crippen molar-refractivity contribution in [2.24, 2.45) is 0 Å². The van der Waals surface area contributed by atoms with Gasteiger partial charge in [-0.25, -0.2) is 0 Å². The van der Waals surface area contributed by atoms with E-state index in [1.54, 1.807) is 0 Å². The minimum Gasteiger partial charge on any atom is -0.394 e. The molecule has 0 radical (unpaired) electrons. The van der Waals surface area contributed by atoms with Crippen LogP contribution in [0.5, 0.6) is 0 Å². The van der Waals surface area contributed by atoms with Gasteiger partial charge in [0, 0.05) is 20.8 Å². The molecule has 20 N–H and O–H groups in total. The third-order valence-corrected chi connectivity index (χ3v) is 13.6. The molecule has 34 nitrogen and oxygen atoms in total. The molecule has 6 heterocycles. The molecule has 0 aromatic heterocycles. The van der Waals surface area contributed by atoms with Gasteiger partial charge < -0.3 is 155 Å². The van der Waals surface area contributed by atoms with Crippen LogP contribution in [0.15, 0.2) is 0 Å². The Balaban J connectivity index is 1.40. The van der Waals surface area contributed by atoms with Crippen LogP contribution in [0.2, 0.25) is 0 Å². The number of amides is 3. The summed E-state index contributed by atoms with van der Waals surface area (Å²) in [6.07, 6.45) is -52.7. The van der Waals surface area contributed by atoms with E-state index in [2.05, 4.69) is 16.0 Å². The highest BCUT2D eigenvalue weighted by atomic mass is 16.8. The third-order valence-electron chi connectivity index (χ3n) is 13.6. The average molecular weight is 1110 g/mol. The van der Waals surface area contributed by atoms with Crippen LogP contribution in [0.1, 0.15) is 20.8 Å². The van der Waals surface area contributed by atoms with E-state index >= 15 is 0 Å². The first-order chi connectivity index (χ1) is 35.9. The van der Waals surface area contributed by atoms with E-state index in [-0.39, 0.29) is 0 Å². The summed E-state index contributed by atoms with van der Waals surface area (Å²) in [4.78, 5) is 37.1. The van der Waals surface area contributed by atoms with Crippen LogP contribution in [0, 0.1) is 0 Å². The highest BCUT2D eigenvalue weighted by molar-refractivity contribution is 5.74. The summed E-state index contributed by atoms with van der Waals surface area (Å²) in [5.41, 5.74) is 0. The minimum atomic E-state index is -2.38. The van der Waals surface area contributed by atoms with E-state index in [9.17, 15) is 101 Å². The van der Waals surface area contributed by atoms with Gasteiger partial charge in [0.2, 0.25) is 17.7 Å². The monoisotopic (exact) mass is 1110 g/mol. The number of nitrogens with one attached hydrogen (secondary N) is 3. The van der Waals surface area contributed by atoms with E-state index in [0.717, 1.165) is 20.8 Å². The molecular weight excluding hydrogens is 1040 g/mol. The molecule has 6 saturated heterocycles. The predicted octanol–water partition coefficient (Wildman–Crippen LogP) is -13.7. The smallest absolute Gasteiger partial charge is 0.217 e. The van der Waals surface area contributed by atoms with Crippen LogP contribution in [-0.4, -0.2) is 328 Å². The van der Waals surface area contributed by atoms with E-state index < -0.39 is 241 Å². The molecule has 30 atom stereocenters. The molecule has 6 aliphatic heterocycles. The van der Waals surface area contributed by atoms with Crippen molar-refractivity contribution < 1.29 is 153 Å². The first-order valence-corrected chi connectivity index (χ1v) is 24.1. The summed E-state index contributed by atoms with van der Waals surface area (Å²) in [6.45, 7) is -2.82. The van der Waals surface area contributed by atoms with Gasteiger partial charge in [0.25, 0.3) is 0 Å². The summed E-state index contributed by atoms with van der Waals surface area (Å²) in [5.74, 6) is -2.42. The molecule has 0 aliphatic carbocycles. The van der Waals surface area contributed by atoms with Crippen LogP contribution in [0.3, 0.4) is 0 Å². The Hall–Kier alpha value is -2.71. The molecule has 6 aliphatic rings. The lowest BCUT2D eigenvalue weighted by Gasteiger charge is -2.51. The van der Waals surface area contributed by atoms with Crippen molar-refractivity contribution in [2.75, 3.05) is 39.6 Å². The molecule has 0 spiro atoms. The standard InChI is InChI=1S/C42H71N3O31/c1-10(51)43-19-26(58)33(16(7-49)67-37(19)65)73-39-21(45-12(3)53)27(59)34(17(8-50)71-39)74-42-32(64)36(76-41-31(63)29(61)24(56)15(6-48)70-41)35(75-38-20(44-11(2)52)25(57)22(54)13(4-46)68-38)18(72-42)9-66-40-30(62)28(60)23(55)14(5-47)69-40/h13-42,46-50,54-65H,4-9H2,1-3H3,(H,43,51)(H,44,52)(H,45,53)/t13-,14-,15-,16-,17-,18-,19-,20-,21-,22-,23-,24-,25-,26-,27-,28+,29+,30+,31+,32+,33-,34-,35-,36-,37+,38+,39+,40+,41-,42+/m1/s1. The number of aliphatic hydroxyl groups is 17. The van der Waals surface area contributed by atoms with Crippen molar-refractivity contribution in [3.05, 3.63) is 0 Å². The minimum absolute atomic E-state index is 0.729. The zero-order valence-corrected chi connectivity index (χ0v) is 40.9. The fourth-order valence-electron chi connectivity index (χ4n) is 9.62. The molecule has 0 saturated carbocycles. The van der Waals surface area contributed by atoms with Crippen LogP contribution < -0.4 is 16.0 Å². The average Bonchev–Trinajstić information content (AvgIpc) is 3.37. The van der Waals surface area contributed by atoms with Crippen molar-refractivity contribution in [3.63, 3.8) is 0 Å². The number of hydrogen-bond acceptors (Lipinski definition) is 31. The lowest BCUT2D eigenvalue weighted by molar-refractivity contribution is -0.398. The number of carbonyl (C=O) groups excluding carboxylic acids is 3. The molecule has 34 heteroatoms. The molecule has 6 rings (SSSR count). The Kier molecular flexibility index (Phi) is 22.3. The summed E-state index contributed by atoms with van der Waals surface area (Å²) < 4.78 is 64.6. The maximum absolute atomic E-state index is 12.7. The summed E-state index contributed by atoms with van der Waals surface area (Å²) in [5, 5.41) is 190. The van der Waals surface area contributed by atoms with Gasteiger partial charge in [-0.05, 0) is 0 Å². The van der Waals surface area contributed by atoms with Gasteiger partial charge in [0.05, 0.1) is 39.6 Å². The zero-order valence-electron chi connectivity index (χ0n) is 40.9. The number of ether oxygens (including phenoxy) is 11. The lowest BCUT2D eigenvalue weighted by Crippen LogP contribution is -2.71. The molecule has 0 aromatic rings. The highest BCUT2D eigenvalue weighted by Gasteiger charge is 2.58. The maximum atomic E-state index is 12.7. The van der Waals surface area contributed by atoms with Gasteiger partial charge in [0.1, 0.15) is 146 Å². The summed E-state index contributed by atoms with van der Waals surface area (Å²) in [7, 11) is 0. The third kappa shape index (κ3) is 13.7. The van der Waals surface area contributed by atoms with Crippen LogP contribution in [0.4, 0.5) is 0 Å². The molecule has 0 aromatic carbocycles. The van der Waals surface area contributed by atoms with Gasteiger partial charge >= 0.3 is 0 Å². The second-order valence-corrected chi connectivity index (χ2v) is 19.0. The maximum Gasteiger partial charge on any atom is 0.217 e. The summed E-state index contributed by atoms with van der Waals surface area (Å²) in [6, 6.07) is -5.09. The van der Waals surface area contributed by atoms with Crippen molar-refractivity contribution >= 4 is 17.7 Å². The molecule has 76 heavy (non-hydrogen) atoms. The number of hydrogen-bond donors (Lipinski definition) is 20. The SMILES string of the molecule is CC(=O)N[C@@H]1[C@@H](O)[C@H](O[C@@H]2O[C@H](CO)[C@@H](O[C@@H]3O[C@H](CO[C@H]4O[C@H](CO)[C@@H](O)[C@H](O)[C@@H]4O)[C@@H](O[C@@H]4O[C@H](CO)[C@@H](O)[C@H](O)[C@H]4NC(C)=O)[C@H](O[C@H]4O[C@H](CO)[C@@H](O)[C@H](O)[C@@H]4O)[C@@H]3O)[C@H](O)[C@H]2NC(C)=O)[C@@H](CO)O[C@@H]1O. The van der Waals surface area contributed by atoms with Crippen molar-refractivity contribution in [3.8, 4) is 0 Å².